The standard InChI is InChI=1S/C18H18FN3O3S/c19-14-7-5-13(6-8-14)3-2-10-26-17-15(18(23)24)4-1-9-22(17)11-16-21-20-12-25-16/h1,4-9,12,17H,2-3,10-11H2,(H,23,24). The molecule has 1 N–H and O–H groups in total. The quantitative estimate of drug-likeness (QED) is 0.710. The minimum Gasteiger partial charge on any atom is -0.478 e. The van der Waals surface area contributed by atoms with Crippen molar-refractivity contribution in [2.24, 2.45) is 0 Å². The van der Waals surface area contributed by atoms with Crippen molar-refractivity contribution in [3.8, 4) is 0 Å². The first kappa shape index (κ1) is 18.2. The van der Waals surface area contributed by atoms with Crippen LogP contribution < -0.4 is 0 Å². The van der Waals surface area contributed by atoms with Crippen molar-refractivity contribution >= 4 is 17.7 Å². The van der Waals surface area contributed by atoms with Gasteiger partial charge in [0, 0.05) is 6.20 Å². The van der Waals surface area contributed by atoms with Gasteiger partial charge in [0.05, 0.1) is 12.1 Å². The molecule has 0 amide bonds. The molecule has 1 unspecified atom stereocenters. The first-order valence-corrected chi connectivity index (χ1v) is 9.17. The first-order chi connectivity index (χ1) is 12.6. The molecule has 3 rings (SSSR count). The molecule has 6 nitrogen and oxygen atoms in total. The maximum Gasteiger partial charge on any atom is 0.334 e. The van der Waals surface area contributed by atoms with Crippen molar-refractivity contribution in [1.29, 1.82) is 0 Å². The predicted molar refractivity (Wildman–Crippen MR) is 95.7 cm³/mol. The molecule has 0 saturated carbocycles. The van der Waals surface area contributed by atoms with Gasteiger partial charge in [-0.25, -0.2) is 9.18 Å². The minimum absolute atomic E-state index is 0.245. The summed E-state index contributed by atoms with van der Waals surface area (Å²) in [4.78, 5) is 13.4. The normalized spacial score (nSPS) is 16.6. The van der Waals surface area contributed by atoms with Crippen LogP contribution in [0.3, 0.4) is 0 Å². The van der Waals surface area contributed by atoms with E-state index in [1.165, 1.54) is 18.5 Å². The van der Waals surface area contributed by atoms with Crippen molar-refractivity contribution in [2.45, 2.75) is 24.8 Å². The second-order valence-corrected chi connectivity index (χ2v) is 6.91. The summed E-state index contributed by atoms with van der Waals surface area (Å²) in [5, 5.41) is 16.7. The molecule has 1 aliphatic rings. The molecule has 1 aliphatic heterocycles. The van der Waals surface area contributed by atoms with Crippen molar-refractivity contribution < 1.29 is 18.7 Å². The zero-order valence-electron chi connectivity index (χ0n) is 13.9. The highest BCUT2D eigenvalue weighted by Gasteiger charge is 2.28. The van der Waals surface area contributed by atoms with Crippen molar-refractivity contribution in [2.75, 3.05) is 5.75 Å². The van der Waals surface area contributed by atoms with Gasteiger partial charge in [0.1, 0.15) is 11.2 Å². The van der Waals surface area contributed by atoms with E-state index in [1.54, 1.807) is 36.0 Å². The molecule has 2 heterocycles. The highest BCUT2D eigenvalue weighted by molar-refractivity contribution is 8.00. The van der Waals surface area contributed by atoms with Gasteiger partial charge in [-0.1, -0.05) is 12.1 Å². The zero-order valence-corrected chi connectivity index (χ0v) is 14.7. The van der Waals surface area contributed by atoms with Gasteiger partial charge in [-0.15, -0.1) is 22.0 Å². The number of hydrogen-bond acceptors (Lipinski definition) is 6. The third-order valence-corrected chi connectivity index (χ3v) is 5.25. The van der Waals surface area contributed by atoms with Crippen molar-refractivity contribution in [3.05, 3.63) is 71.9 Å². The topological polar surface area (TPSA) is 79.5 Å². The van der Waals surface area contributed by atoms with Crippen LogP contribution in [-0.4, -0.2) is 37.3 Å². The molecule has 8 heteroatoms. The number of carboxylic acids is 1. The number of aromatic nitrogens is 2. The lowest BCUT2D eigenvalue weighted by atomic mass is 10.1. The van der Waals surface area contributed by atoms with E-state index in [9.17, 15) is 14.3 Å². The fraction of sp³-hybridized carbons (Fsp3) is 0.278. The summed E-state index contributed by atoms with van der Waals surface area (Å²) < 4.78 is 18.1. The summed E-state index contributed by atoms with van der Waals surface area (Å²) in [6.45, 7) is 0.344. The molecule has 0 saturated heterocycles. The van der Waals surface area contributed by atoms with Gasteiger partial charge in [0.15, 0.2) is 0 Å². The van der Waals surface area contributed by atoms with Gasteiger partial charge < -0.3 is 14.4 Å². The number of aliphatic carboxylic acids is 1. The van der Waals surface area contributed by atoms with E-state index in [0.717, 1.165) is 24.2 Å². The van der Waals surface area contributed by atoms with E-state index in [-0.39, 0.29) is 11.2 Å². The van der Waals surface area contributed by atoms with Crippen LogP contribution in [-0.2, 0) is 17.8 Å². The predicted octanol–water partition coefficient (Wildman–Crippen LogP) is 3.24. The third-order valence-electron chi connectivity index (χ3n) is 3.89. The van der Waals surface area contributed by atoms with Crippen molar-refractivity contribution in [3.63, 3.8) is 0 Å². The highest BCUT2D eigenvalue weighted by Crippen LogP contribution is 2.29. The summed E-state index contributed by atoms with van der Waals surface area (Å²) in [7, 11) is 0. The number of hydrogen-bond donors (Lipinski definition) is 1. The smallest absolute Gasteiger partial charge is 0.334 e. The molecule has 1 aromatic heterocycles. The van der Waals surface area contributed by atoms with Crippen molar-refractivity contribution in [1.82, 2.24) is 15.1 Å². The summed E-state index contributed by atoms with van der Waals surface area (Å²) in [5.41, 5.74) is 1.38. The Labute approximate surface area is 154 Å². The molecule has 0 radical (unpaired) electrons. The molecular formula is C18H18FN3O3S. The molecule has 0 fully saturated rings. The van der Waals surface area contributed by atoms with Gasteiger partial charge in [0.25, 0.3) is 0 Å². The molecule has 2 aromatic rings. The number of carbonyl (C=O) groups is 1. The molecule has 136 valence electrons. The Morgan fingerprint density at radius 3 is 2.85 bits per heavy atom. The Morgan fingerprint density at radius 1 is 1.35 bits per heavy atom. The van der Waals surface area contributed by atoms with Gasteiger partial charge in [0.2, 0.25) is 12.3 Å². The van der Waals surface area contributed by atoms with E-state index >= 15 is 0 Å². The van der Waals surface area contributed by atoms with Gasteiger partial charge >= 0.3 is 5.97 Å². The molecule has 0 bridgehead atoms. The monoisotopic (exact) mass is 375 g/mol. The number of aryl methyl sites for hydroxylation is 1. The van der Waals surface area contributed by atoms with Crippen LogP contribution >= 0.6 is 11.8 Å². The van der Waals surface area contributed by atoms with Crippen LogP contribution in [0.25, 0.3) is 0 Å². The van der Waals surface area contributed by atoms with Crippen LogP contribution in [0.1, 0.15) is 17.9 Å². The van der Waals surface area contributed by atoms with E-state index in [1.807, 2.05) is 11.1 Å². The molecule has 0 spiro atoms. The lowest BCUT2D eigenvalue weighted by molar-refractivity contribution is -0.133. The minimum atomic E-state index is -0.944. The maximum atomic E-state index is 12.9. The Morgan fingerprint density at radius 2 is 2.15 bits per heavy atom. The second kappa shape index (κ2) is 8.66. The van der Waals surface area contributed by atoms with E-state index in [0.29, 0.717) is 18.0 Å². The Hall–Kier alpha value is -2.61. The number of benzene rings is 1. The number of halogens is 1. The van der Waals surface area contributed by atoms with Crippen LogP contribution in [0.5, 0.6) is 0 Å². The lowest BCUT2D eigenvalue weighted by Gasteiger charge is -2.31. The number of rotatable bonds is 8. The summed E-state index contributed by atoms with van der Waals surface area (Å²) in [6, 6.07) is 6.44. The Balaban J connectivity index is 1.59. The highest BCUT2D eigenvalue weighted by atomic mass is 32.2. The molecular weight excluding hydrogens is 357 g/mol. The average Bonchev–Trinajstić information content (AvgIpc) is 3.14. The maximum absolute atomic E-state index is 12.9. The van der Waals surface area contributed by atoms with Crippen LogP contribution in [0, 0.1) is 5.82 Å². The average molecular weight is 375 g/mol. The van der Waals surface area contributed by atoms with Crippen LogP contribution in [0.15, 0.2) is 59.0 Å². The summed E-state index contributed by atoms with van der Waals surface area (Å²) >= 11 is 1.55. The molecule has 1 atom stereocenters. The van der Waals surface area contributed by atoms with Gasteiger partial charge in [-0.2, -0.15) is 0 Å². The van der Waals surface area contributed by atoms with E-state index < -0.39 is 5.97 Å². The summed E-state index contributed by atoms with van der Waals surface area (Å²) in [5.74, 6) is 0.00466. The number of allylic oxidation sites excluding steroid dienone is 2. The third kappa shape index (κ3) is 4.72. The summed E-state index contributed by atoms with van der Waals surface area (Å²) in [6.07, 6.45) is 8.07. The second-order valence-electron chi connectivity index (χ2n) is 5.73. The fourth-order valence-electron chi connectivity index (χ4n) is 2.64. The SMILES string of the molecule is O=C(O)C1=CC=CN(Cc2nnco2)C1SCCCc1ccc(F)cc1. The Bertz CT molecular complexity index is 791. The number of thioether (sulfide) groups is 1. The molecule has 0 aliphatic carbocycles. The largest absolute Gasteiger partial charge is 0.478 e. The fourth-order valence-corrected chi connectivity index (χ4v) is 3.87. The lowest BCUT2D eigenvalue weighted by Crippen LogP contribution is -2.34. The number of nitrogens with zero attached hydrogens (tertiary/aromatic N) is 3. The first-order valence-electron chi connectivity index (χ1n) is 8.12. The van der Waals surface area contributed by atoms with Crippen LogP contribution in [0.4, 0.5) is 4.39 Å². The van der Waals surface area contributed by atoms with E-state index in [4.69, 9.17) is 4.42 Å². The molecule has 26 heavy (non-hydrogen) atoms. The zero-order chi connectivity index (χ0) is 18.4. The van der Waals surface area contributed by atoms with E-state index in [2.05, 4.69) is 10.2 Å². The number of carboxylic acid groups (broad SMARTS) is 1. The molecule has 1 aromatic carbocycles. The Kier molecular flexibility index (Phi) is 6.06. The van der Waals surface area contributed by atoms with Crippen LogP contribution in [0.2, 0.25) is 0 Å². The van der Waals surface area contributed by atoms with Gasteiger partial charge in [-0.05, 0) is 48.4 Å². The van der Waals surface area contributed by atoms with Gasteiger partial charge in [-0.3, -0.25) is 0 Å².